The van der Waals surface area contributed by atoms with Gasteiger partial charge in [0.1, 0.15) is 11.9 Å². The van der Waals surface area contributed by atoms with Gasteiger partial charge in [0.25, 0.3) is 0 Å². The third-order valence-electron chi connectivity index (χ3n) is 3.27. The summed E-state index contributed by atoms with van der Waals surface area (Å²) in [5, 5.41) is 3.06. The minimum absolute atomic E-state index is 0.321. The Morgan fingerprint density at radius 3 is 2.15 bits per heavy atom. The molecule has 1 amide bonds. The Morgan fingerprint density at radius 1 is 1.10 bits per heavy atom. The number of nitrogens with two attached hydrogens (primary N) is 1. The molecule has 0 aliphatic rings. The van der Waals surface area contributed by atoms with Crippen molar-refractivity contribution in [1.29, 1.82) is 0 Å². The van der Waals surface area contributed by atoms with Crippen LogP contribution in [-0.4, -0.2) is 5.91 Å². The molecule has 0 saturated heterocycles. The van der Waals surface area contributed by atoms with Crippen molar-refractivity contribution < 1.29 is 9.18 Å². The number of aryl methyl sites for hydroxylation is 2. The number of anilines is 1. The van der Waals surface area contributed by atoms with Crippen LogP contribution in [0.5, 0.6) is 0 Å². The molecule has 0 radical (unpaired) electrons. The fourth-order valence-corrected chi connectivity index (χ4v) is 2.28. The Hall–Kier alpha value is -2.36. The quantitative estimate of drug-likeness (QED) is 0.898. The molecule has 0 aromatic heterocycles. The molecular weight excluding hydrogens is 255 g/mol. The van der Waals surface area contributed by atoms with Crippen LogP contribution in [0.3, 0.4) is 0 Å². The summed E-state index contributed by atoms with van der Waals surface area (Å²) in [4.78, 5) is 11.8. The molecule has 2 aromatic carbocycles. The lowest BCUT2D eigenvalue weighted by Crippen LogP contribution is -2.29. The maximum absolute atomic E-state index is 12.9. The molecule has 0 fully saturated rings. The molecular formula is C16H17FN2O. The second kappa shape index (κ2) is 5.74. The molecule has 0 bridgehead atoms. The Kier molecular flexibility index (Phi) is 4.03. The third kappa shape index (κ3) is 2.96. The van der Waals surface area contributed by atoms with Crippen molar-refractivity contribution in [2.45, 2.75) is 19.9 Å². The van der Waals surface area contributed by atoms with Gasteiger partial charge in [-0.1, -0.05) is 18.2 Å². The van der Waals surface area contributed by atoms with E-state index in [1.165, 1.54) is 12.1 Å². The molecule has 1 unspecified atom stereocenters. The van der Waals surface area contributed by atoms with Crippen LogP contribution >= 0.6 is 0 Å². The molecule has 3 N–H and O–H groups in total. The molecule has 104 valence electrons. The van der Waals surface area contributed by atoms with E-state index >= 15 is 0 Å². The number of carbonyl (C=O) groups is 1. The zero-order valence-corrected chi connectivity index (χ0v) is 11.5. The Bertz CT molecular complexity index is 603. The van der Waals surface area contributed by atoms with Crippen molar-refractivity contribution in [2.75, 3.05) is 5.32 Å². The molecule has 20 heavy (non-hydrogen) atoms. The van der Waals surface area contributed by atoms with Crippen molar-refractivity contribution in [3.05, 3.63) is 65.0 Å². The van der Waals surface area contributed by atoms with Gasteiger partial charge in [0.2, 0.25) is 5.91 Å². The number of halogens is 1. The second-order valence-corrected chi connectivity index (χ2v) is 4.79. The lowest BCUT2D eigenvalue weighted by molar-refractivity contribution is -0.118. The lowest BCUT2D eigenvalue weighted by atomic mass is 9.95. The molecule has 2 aromatic rings. The highest BCUT2D eigenvalue weighted by atomic mass is 19.1. The van der Waals surface area contributed by atoms with Gasteiger partial charge < -0.3 is 11.1 Å². The van der Waals surface area contributed by atoms with E-state index in [9.17, 15) is 9.18 Å². The van der Waals surface area contributed by atoms with E-state index in [0.29, 0.717) is 5.69 Å². The number of carbonyl (C=O) groups excluding carboxylic acids is 1. The smallest absolute Gasteiger partial charge is 0.244 e. The van der Waals surface area contributed by atoms with Gasteiger partial charge in [-0.15, -0.1) is 0 Å². The van der Waals surface area contributed by atoms with Crippen LogP contribution in [0, 0.1) is 19.7 Å². The van der Waals surface area contributed by atoms with Crippen molar-refractivity contribution in [3.63, 3.8) is 0 Å². The zero-order valence-electron chi connectivity index (χ0n) is 11.5. The van der Waals surface area contributed by atoms with Gasteiger partial charge >= 0.3 is 0 Å². The molecule has 4 heteroatoms. The van der Waals surface area contributed by atoms with Crippen LogP contribution in [0.2, 0.25) is 0 Å². The number of rotatable bonds is 4. The van der Waals surface area contributed by atoms with E-state index in [1.807, 2.05) is 32.0 Å². The third-order valence-corrected chi connectivity index (χ3v) is 3.27. The van der Waals surface area contributed by atoms with E-state index in [0.717, 1.165) is 16.7 Å². The first-order valence-corrected chi connectivity index (χ1v) is 6.36. The topological polar surface area (TPSA) is 55.1 Å². The molecule has 0 heterocycles. The van der Waals surface area contributed by atoms with Crippen LogP contribution in [0.25, 0.3) is 0 Å². The largest absolute Gasteiger partial charge is 0.370 e. The summed E-state index contributed by atoms with van der Waals surface area (Å²) in [6, 6.07) is 11.0. The van der Waals surface area contributed by atoms with Gasteiger partial charge in [-0.3, -0.25) is 4.79 Å². The number of amides is 1. The summed E-state index contributed by atoms with van der Waals surface area (Å²) in [5.41, 5.74) is 9.00. The number of primary amides is 1. The van der Waals surface area contributed by atoms with Gasteiger partial charge in [-0.2, -0.15) is 0 Å². The van der Waals surface area contributed by atoms with Crippen LogP contribution < -0.4 is 11.1 Å². The predicted molar refractivity (Wildman–Crippen MR) is 77.9 cm³/mol. The Morgan fingerprint density at radius 2 is 1.65 bits per heavy atom. The van der Waals surface area contributed by atoms with Crippen molar-refractivity contribution in [3.8, 4) is 0 Å². The average molecular weight is 272 g/mol. The van der Waals surface area contributed by atoms with Gasteiger partial charge in [-0.25, -0.2) is 4.39 Å². The fraction of sp³-hybridized carbons (Fsp3) is 0.188. The number of benzene rings is 2. The van der Waals surface area contributed by atoms with E-state index < -0.39 is 11.9 Å². The van der Waals surface area contributed by atoms with Crippen molar-refractivity contribution in [1.82, 2.24) is 0 Å². The molecule has 0 spiro atoms. The summed E-state index contributed by atoms with van der Waals surface area (Å²) in [5.74, 6) is -0.787. The maximum atomic E-state index is 12.9. The molecule has 0 saturated carbocycles. The fourth-order valence-electron chi connectivity index (χ4n) is 2.28. The first-order chi connectivity index (χ1) is 9.49. The molecule has 1 atom stereocenters. The molecule has 0 aliphatic carbocycles. The highest BCUT2D eigenvalue weighted by Gasteiger charge is 2.21. The van der Waals surface area contributed by atoms with Crippen molar-refractivity contribution in [2.24, 2.45) is 5.73 Å². The van der Waals surface area contributed by atoms with E-state index in [4.69, 9.17) is 5.73 Å². The zero-order chi connectivity index (χ0) is 14.7. The SMILES string of the molecule is Cc1cccc(C)c1C(Nc1ccc(F)cc1)C(N)=O. The van der Waals surface area contributed by atoms with Crippen LogP contribution in [-0.2, 0) is 4.79 Å². The summed E-state index contributed by atoms with van der Waals surface area (Å²) in [7, 11) is 0. The monoisotopic (exact) mass is 272 g/mol. The number of hydrogen-bond acceptors (Lipinski definition) is 2. The Balaban J connectivity index is 2.37. The van der Waals surface area contributed by atoms with Crippen LogP contribution in [0.4, 0.5) is 10.1 Å². The van der Waals surface area contributed by atoms with E-state index in [1.54, 1.807) is 12.1 Å². The van der Waals surface area contributed by atoms with E-state index in [-0.39, 0.29) is 5.82 Å². The Labute approximate surface area is 117 Å². The summed E-state index contributed by atoms with van der Waals surface area (Å²) < 4.78 is 12.9. The van der Waals surface area contributed by atoms with E-state index in [2.05, 4.69) is 5.32 Å². The minimum Gasteiger partial charge on any atom is -0.370 e. The normalized spacial score (nSPS) is 11.9. The highest BCUT2D eigenvalue weighted by Crippen LogP contribution is 2.25. The molecule has 2 rings (SSSR count). The standard InChI is InChI=1S/C16H17FN2O/c1-10-4-3-5-11(2)14(10)15(16(18)20)19-13-8-6-12(17)7-9-13/h3-9,15,19H,1-2H3,(H2,18,20). The minimum atomic E-state index is -0.637. The van der Waals surface area contributed by atoms with Gasteiger partial charge in [-0.05, 0) is 54.8 Å². The molecule has 3 nitrogen and oxygen atoms in total. The van der Waals surface area contributed by atoms with Gasteiger partial charge in [0.05, 0.1) is 0 Å². The average Bonchev–Trinajstić information content (AvgIpc) is 2.39. The van der Waals surface area contributed by atoms with Crippen LogP contribution in [0.15, 0.2) is 42.5 Å². The van der Waals surface area contributed by atoms with Crippen molar-refractivity contribution >= 4 is 11.6 Å². The summed E-state index contributed by atoms with van der Waals surface area (Å²) in [6.07, 6.45) is 0. The van der Waals surface area contributed by atoms with Gasteiger partial charge in [0.15, 0.2) is 0 Å². The van der Waals surface area contributed by atoms with Gasteiger partial charge in [0, 0.05) is 5.69 Å². The second-order valence-electron chi connectivity index (χ2n) is 4.79. The number of hydrogen-bond donors (Lipinski definition) is 2. The number of nitrogens with one attached hydrogen (secondary N) is 1. The highest BCUT2D eigenvalue weighted by molar-refractivity contribution is 5.85. The first kappa shape index (κ1) is 14.1. The lowest BCUT2D eigenvalue weighted by Gasteiger charge is -2.21. The molecule has 0 aliphatic heterocycles. The summed E-state index contributed by atoms with van der Waals surface area (Å²) in [6.45, 7) is 3.87. The summed E-state index contributed by atoms with van der Waals surface area (Å²) >= 11 is 0. The van der Waals surface area contributed by atoms with Crippen LogP contribution in [0.1, 0.15) is 22.7 Å². The predicted octanol–water partition coefficient (Wildman–Crippen LogP) is 3.08. The first-order valence-electron chi connectivity index (χ1n) is 6.36. The maximum Gasteiger partial charge on any atom is 0.244 e.